The summed E-state index contributed by atoms with van der Waals surface area (Å²) in [6.45, 7) is 1.30. The van der Waals surface area contributed by atoms with Crippen molar-refractivity contribution in [3.8, 4) is 0 Å². The molecule has 3 N–H and O–H groups in total. The van der Waals surface area contributed by atoms with Gasteiger partial charge in [0.15, 0.2) is 0 Å². The summed E-state index contributed by atoms with van der Waals surface area (Å²) in [5.74, 6) is 0. The van der Waals surface area contributed by atoms with Crippen molar-refractivity contribution in [2.45, 2.75) is 17.6 Å². The first-order valence-electron chi connectivity index (χ1n) is 2.23. The molecule has 0 saturated carbocycles. The molecule has 0 aliphatic carbocycles. The topological polar surface area (TPSA) is 77.8 Å². The average Bonchev–Trinajstić information content (AvgIpc) is 1.62. The Hall–Kier alpha value is 0.590. The summed E-state index contributed by atoms with van der Waals surface area (Å²) in [5.41, 5.74) is 0. The van der Waals surface area contributed by atoms with Crippen LogP contribution in [0.1, 0.15) is 6.92 Å². The van der Waals surface area contributed by atoms with Gasteiger partial charge < -0.3 is 14.9 Å². The van der Waals surface area contributed by atoms with E-state index >= 15 is 0 Å². The van der Waals surface area contributed by atoms with Crippen LogP contribution >= 0.6 is 23.5 Å². The van der Waals surface area contributed by atoms with E-state index in [1.807, 2.05) is 0 Å². The van der Waals surface area contributed by atoms with E-state index in [1.54, 1.807) is 0 Å². The van der Waals surface area contributed by atoms with Gasteiger partial charge in [0.05, 0.1) is 6.10 Å². The molecular weight excluding hydrogens is 211 g/mol. The van der Waals surface area contributed by atoms with E-state index in [9.17, 15) is 4.57 Å². The van der Waals surface area contributed by atoms with Crippen molar-refractivity contribution < 1.29 is 19.5 Å². The first-order valence-corrected chi connectivity index (χ1v) is 4.83. The molecule has 0 aromatic carbocycles. The Labute approximate surface area is 61.2 Å². The second-order valence-corrected chi connectivity index (χ2v) is 5.13. The maximum absolute atomic E-state index is 10.3. The minimum atomic E-state index is -4.15. The van der Waals surface area contributed by atoms with Crippen LogP contribution in [-0.2, 0) is 4.57 Å². The van der Waals surface area contributed by atoms with Crippen molar-refractivity contribution in [1.29, 1.82) is 0 Å². The summed E-state index contributed by atoms with van der Waals surface area (Å²) >= 11 is 2.65. The summed E-state index contributed by atoms with van der Waals surface area (Å²) in [5, 5.41) is 8.62. The molecular formula is C3H8BrO4P. The van der Waals surface area contributed by atoms with Crippen LogP contribution in [0.15, 0.2) is 0 Å². The van der Waals surface area contributed by atoms with Crippen molar-refractivity contribution in [1.82, 2.24) is 0 Å². The summed E-state index contributed by atoms with van der Waals surface area (Å²) < 4.78 is 9.11. The third-order valence-electron chi connectivity index (χ3n) is 0.719. The van der Waals surface area contributed by atoms with Gasteiger partial charge in [-0.15, -0.1) is 0 Å². The normalized spacial score (nSPS) is 19.2. The predicted molar refractivity (Wildman–Crippen MR) is 36.4 cm³/mol. The van der Waals surface area contributed by atoms with Gasteiger partial charge in [-0.05, 0) is 6.92 Å². The molecule has 56 valence electrons. The lowest BCUT2D eigenvalue weighted by Crippen LogP contribution is -2.15. The molecule has 0 amide bonds. The highest BCUT2D eigenvalue weighted by molar-refractivity contribution is 9.10. The van der Waals surface area contributed by atoms with E-state index in [2.05, 4.69) is 15.9 Å². The molecule has 0 aromatic heterocycles. The van der Waals surface area contributed by atoms with Gasteiger partial charge >= 0.3 is 7.60 Å². The Morgan fingerprint density at radius 1 is 1.56 bits per heavy atom. The minimum Gasteiger partial charge on any atom is -0.392 e. The molecule has 2 atom stereocenters. The lowest BCUT2D eigenvalue weighted by atomic mass is 10.5. The molecule has 0 unspecified atom stereocenters. The maximum Gasteiger partial charge on any atom is 0.341 e. The van der Waals surface area contributed by atoms with Crippen molar-refractivity contribution >= 4 is 23.5 Å². The number of aliphatic hydroxyl groups excluding tert-OH is 1. The zero-order chi connectivity index (χ0) is 7.65. The van der Waals surface area contributed by atoms with Gasteiger partial charge in [0, 0.05) is 0 Å². The van der Waals surface area contributed by atoms with Crippen LogP contribution in [0.3, 0.4) is 0 Å². The Morgan fingerprint density at radius 2 is 1.89 bits per heavy atom. The summed E-state index contributed by atoms with van der Waals surface area (Å²) in [6.07, 6.45) is -1.04. The molecule has 0 radical (unpaired) electrons. The van der Waals surface area contributed by atoms with Gasteiger partial charge in [-0.3, -0.25) is 4.57 Å². The van der Waals surface area contributed by atoms with E-state index in [0.29, 0.717) is 0 Å². The van der Waals surface area contributed by atoms with E-state index in [0.717, 1.165) is 0 Å². The fourth-order valence-corrected chi connectivity index (χ4v) is 0.843. The van der Waals surface area contributed by atoms with Crippen LogP contribution in [-0.4, -0.2) is 25.6 Å². The molecule has 0 fully saturated rings. The van der Waals surface area contributed by atoms with Crippen LogP contribution in [0.4, 0.5) is 0 Å². The molecule has 0 aliphatic rings. The Kier molecular flexibility index (Phi) is 3.33. The van der Waals surface area contributed by atoms with Crippen molar-refractivity contribution in [2.24, 2.45) is 0 Å². The third kappa shape index (κ3) is 3.33. The Bertz CT molecular complexity index is 130. The van der Waals surface area contributed by atoms with Gasteiger partial charge in [-0.25, -0.2) is 0 Å². The zero-order valence-electron chi connectivity index (χ0n) is 4.73. The average molecular weight is 219 g/mol. The third-order valence-corrected chi connectivity index (χ3v) is 4.16. The maximum atomic E-state index is 10.3. The highest BCUT2D eigenvalue weighted by atomic mass is 79.9. The van der Waals surface area contributed by atoms with Crippen LogP contribution in [0, 0.1) is 0 Å². The van der Waals surface area contributed by atoms with Gasteiger partial charge in [-0.2, -0.15) is 0 Å². The second kappa shape index (κ2) is 3.12. The lowest BCUT2D eigenvalue weighted by molar-refractivity contribution is 0.201. The molecule has 0 rings (SSSR count). The number of rotatable bonds is 2. The first kappa shape index (κ1) is 9.59. The van der Waals surface area contributed by atoms with Crippen molar-refractivity contribution in [3.05, 3.63) is 0 Å². The highest BCUT2D eigenvalue weighted by Gasteiger charge is 2.29. The second-order valence-electron chi connectivity index (χ2n) is 1.70. The molecule has 4 nitrogen and oxygen atoms in total. The largest absolute Gasteiger partial charge is 0.392 e. The van der Waals surface area contributed by atoms with Crippen LogP contribution < -0.4 is 0 Å². The summed E-state index contributed by atoms with van der Waals surface area (Å²) in [7, 11) is -4.15. The lowest BCUT2D eigenvalue weighted by Gasteiger charge is -2.13. The summed E-state index contributed by atoms with van der Waals surface area (Å²) in [4.78, 5) is 16.7. The van der Waals surface area contributed by atoms with Gasteiger partial charge in [-0.1, -0.05) is 15.9 Å². The van der Waals surface area contributed by atoms with E-state index in [1.165, 1.54) is 6.92 Å². The van der Waals surface area contributed by atoms with Crippen LogP contribution in [0.5, 0.6) is 0 Å². The molecule has 0 spiro atoms. The van der Waals surface area contributed by atoms with Gasteiger partial charge in [0.1, 0.15) is 4.57 Å². The van der Waals surface area contributed by atoms with Crippen molar-refractivity contribution in [2.75, 3.05) is 0 Å². The SMILES string of the molecule is C[C@@H](O)[C@H](Br)P(=O)(O)O. The molecule has 0 bridgehead atoms. The van der Waals surface area contributed by atoms with E-state index < -0.39 is 18.3 Å². The van der Waals surface area contributed by atoms with E-state index in [4.69, 9.17) is 14.9 Å². The molecule has 9 heavy (non-hydrogen) atoms. The zero-order valence-corrected chi connectivity index (χ0v) is 7.21. The fraction of sp³-hybridized carbons (Fsp3) is 1.00. The molecule has 0 heterocycles. The number of hydrogen-bond donors (Lipinski definition) is 3. The van der Waals surface area contributed by atoms with Crippen molar-refractivity contribution in [3.63, 3.8) is 0 Å². The molecule has 0 aromatic rings. The molecule has 0 saturated heterocycles. The summed E-state index contributed by atoms with van der Waals surface area (Å²) in [6, 6.07) is 0. The highest BCUT2D eigenvalue weighted by Crippen LogP contribution is 2.46. The number of halogens is 1. The molecule has 6 heteroatoms. The predicted octanol–water partition coefficient (Wildman–Crippen LogP) is 0.266. The number of aliphatic hydroxyl groups is 1. The quantitative estimate of drug-likeness (QED) is 0.460. The van der Waals surface area contributed by atoms with Crippen LogP contribution in [0.25, 0.3) is 0 Å². The first-order chi connectivity index (χ1) is 3.85. The minimum absolute atomic E-state index is 1.04. The molecule has 0 aliphatic heterocycles. The number of hydrogen-bond acceptors (Lipinski definition) is 2. The monoisotopic (exact) mass is 218 g/mol. The Morgan fingerprint density at radius 3 is 1.89 bits per heavy atom. The van der Waals surface area contributed by atoms with Gasteiger partial charge in [0.2, 0.25) is 0 Å². The standard InChI is InChI=1S/C3H8BrO4P/c1-2(5)3(4)9(6,7)8/h2-3,5H,1H3,(H2,6,7,8)/t2-,3-/m1/s1. The van der Waals surface area contributed by atoms with Gasteiger partial charge in [0.25, 0.3) is 0 Å². The smallest absolute Gasteiger partial charge is 0.341 e. The Balaban J connectivity index is 4.05. The van der Waals surface area contributed by atoms with E-state index in [-0.39, 0.29) is 0 Å². The van der Waals surface area contributed by atoms with Crippen LogP contribution in [0.2, 0.25) is 0 Å². The fourth-order valence-electron chi connectivity index (χ4n) is 0.281. The number of alkyl halides is 1.